The summed E-state index contributed by atoms with van der Waals surface area (Å²) in [5.74, 6) is 0.126. The van der Waals surface area contributed by atoms with Crippen molar-refractivity contribution in [1.29, 1.82) is 0 Å². The van der Waals surface area contributed by atoms with Crippen molar-refractivity contribution in [3.63, 3.8) is 0 Å². The van der Waals surface area contributed by atoms with Crippen LogP contribution in [0.3, 0.4) is 0 Å². The molecule has 0 bridgehead atoms. The predicted molar refractivity (Wildman–Crippen MR) is 99.9 cm³/mol. The van der Waals surface area contributed by atoms with E-state index in [9.17, 15) is 13.2 Å². The van der Waals surface area contributed by atoms with Gasteiger partial charge in [0.2, 0.25) is 0 Å². The molecule has 1 heterocycles. The fourth-order valence-electron chi connectivity index (χ4n) is 1.68. The molecular formula is C10H13I3N2O3S. The standard InChI is InChI=1S/C10H13I3N2O3S/c1-8(16)4-2-5-10(15(12)19(13,17)18)9-6-3-7-14(9)11/h3,6-7,10H,2,4-5H2,1H3. The number of halogens is 3. The lowest BCUT2D eigenvalue weighted by molar-refractivity contribution is -0.117. The smallest absolute Gasteiger partial charge is 0.276 e. The van der Waals surface area contributed by atoms with Crippen LogP contribution in [-0.2, 0) is 12.0 Å². The van der Waals surface area contributed by atoms with Crippen LogP contribution in [0.5, 0.6) is 0 Å². The average molecular weight is 622 g/mol. The van der Waals surface area contributed by atoms with Gasteiger partial charge in [-0.1, -0.05) is 0 Å². The molecule has 0 radical (unpaired) electrons. The lowest BCUT2D eigenvalue weighted by Gasteiger charge is -2.23. The van der Waals surface area contributed by atoms with Gasteiger partial charge in [-0.15, -0.1) is 2.52 Å². The van der Waals surface area contributed by atoms with Crippen LogP contribution in [0.2, 0.25) is 0 Å². The molecule has 19 heavy (non-hydrogen) atoms. The van der Waals surface area contributed by atoms with E-state index in [0.717, 1.165) is 5.69 Å². The molecule has 1 rings (SSSR count). The van der Waals surface area contributed by atoms with Crippen LogP contribution in [0, 0.1) is 0 Å². The maximum atomic E-state index is 11.7. The number of aromatic nitrogens is 1. The molecule has 0 saturated heterocycles. The maximum absolute atomic E-state index is 11.7. The minimum absolute atomic E-state index is 0.126. The average Bonchev–Trinajstić information content (AvgIpc) is 2.68. The van der Waals surface area contributed by atoms with E-state index in [1.807, 2.05) is 44.0 Å². The van der Waals surface area contributed by atoms with Gasteiger partial charge in [-0.3, -0.25) is 2.78 Å². The third-order valence-corrected chi connectivity index (χ3v) is 9.84. The van der Waals surface area contributed by atoms with Crippen molar-refractivity contribution in [2.75, 3.05) is 0 Å². The summed E-state index contributed by atoms with van der Waals surface area (Å²) in [6.07, 6.45) is 3.65. The molecule has 108 valence electrons. The number of nitrogens with zero attached hydrogens (tertiary/aromatic N) is 2. The highest BCUT2D eigenvalue weighted by Gasteiger charge is 2.28. The molecule has 0 fully saturated rings. The Hall–Kier alpha value is 1.05. The first kappa shape index (κ1) is 18.1. The quantitative estimate of drug-likeness (QED) is 0.264. The van der Waals surface area contributed by atoms with Crippen LogP contribution in [0.25, 0.3) is 0 Å². The second kappa shape index (κ2) is 7.89. The first-order valence-corrected chi connectivity index (χ1v) is 11.4. The Bertz CT molecular complexity index is 544. The summed E-state index contributed by atoms with van der Waals surface area (Å²) in [6.45, 7) is 1.55. The van der Waals surface area contributed by atoms with E-state index in [4.69, 9.17) is 0 Å². The number of rotatable bonds is 7. The summed E-state index contributed by atoms with van der Waals surface area (Å²) in [7, 11) is -3.31. The molecule has 0 aromatic carbocycles. The molecule has 0 saturated carbocycles. The zero-order chi connectivity index (χ0) is 14.6. The van der Waals surface area contributed by atoms with E-state index in [2.05, 4.69) is 22.9 Å². The molecule has 0 aliphatic rings. The molecule has 1 aromatic heterocycles. The fourth-order valence-corrected chi connectivity index (χ4v) is 4.25. The summed E-state index contributed by atoms with van der Waals surface area (Å²) >= 11 is 5.37. The predicted octanol–water partition coefficient (Wildman–Crippen LogP) is 3.82. The van der Waals surface area contributed by atoms with Crippen LogP contribution in [0.4, 0.5) is 0 Å². The molecule has 0 aliphatic heterocycles. The number of carbonyl (C=O) groups excluding carboxylic acids is 1. The second-order valence-electron chi connectivity index (χ2n) is 4.04. The van der Waals surface area contributed by atoms with Gasteiger partial charge in [-0.2, -0.15) is 0 Å². The molecule has 0 spiro atoms. The molecule has 1 unspecified atom stereocenters. The van der Waals surface area contributed by atoms with Gasteiger partial charge in [0, 0.05) is 41.2 Å². The highest BCUT2D eigenvalue weighted by molar-refractivity contribution is 14.2. The third-order valence-electron chi connectivity index (χ3n) is 2.53. The highest BCUT2D eigenvalue weighted by atomic mass is 127. The van der Waals surface area contributed by atoms with Gasteiger partial charge in [-0.05, 0) is 31.9 Å². The molecule has 0 amide bonds. The van der Waals surface area contributed by atoms with Crippen molar-refractivity contribution in [1.82, 2.24) is 5.30 Å². The molecule has 1 aromatic rings. The maximum Gasteiger partial charge on any atom is 0.276 e. The summed E-state index contributed by atoms with van der Waals surface area (Å²) in [6, 6.07) is 3.52. The SMILES string of the molecule is CC(=O)CCCC(c1cccn1I)N(I)S(=O)(=O)I. The van der Waals surface area contributed by atoms with Crippen LogP contribution in [0.1, 0.15) is 37.9 Å². The van der Waals surface area contributed by atoms with Gasteiger partial charge in [0.15, 0.2) is 0 Å². The number of carbonyl (C=O) groups is 1. The van der Waals surface area contributed by atoms with Crippen LogP contribution in [-0.4, -0.2) is 19.5 Å². The number of hydrogen-bond acceptors (Lipinski definition) is 3. The van der Waals surface area contributed by atoms with Crippen molar-refractivity contribution < 1.29 is 13.2 Å². The van der Waals surface area contributed by atoms with Crippen molar-refractivity contribution >= 4 is 79.9 Å². The van der Waals surface area contributed by atoms with Gasteiger partial charge < -0.3 is 4.79 Å². The van der Waals surface area contributed by atoms with E-state index < -0.39 is 7.19 Å². The fraction of sp³-hybridized carbons (Fsp3) is 0.500. The Morgan fingerprint density at radius 3 is 2.58 bits per heavy atom. The van der Waals surface area contributed by atoms with Gasteiger partial charge >= 0.3 is 0 Å². The van der Waals surface area contributed by atoms with Gasteiger partial charge in [0.25, 0.3) is 7.19 Å². The molecule has 1 atom stereocenters. The number of Topliss-reactive ketones (excluding diaryl/α,β-unsaturated/α-hetero) is 1. The first-order chi connectivity index (χ1) is 8.73. The number of ketones is 1. The van der Waals surface area contributed by atoms with Crippen LogP contribution in [0.15, 0.2) is 18.3 Å². The molecular weight excluding hydrogens is 609 g/mol. The van der Waals surface area contributed by atoms with Crippen LogP contribution >= 0.6 is 66.9 Å². The Balaban J connectivity index is 2.92. The lowest BCUT2D eigenvalue weighted by Crippen LogP contribution is -2.23. The molecule has 9 heteroatoms. The lowest BCUT2D eigenvalue weighted by atomic mass is 10.1. The van der Waals surface area contributed by atoms with Gasteiger partial charge in [-0.25, -0.2) is 8.42 Å². The van der Waals surface area contributed by atoms with Crippen molar-refractivity contribution in [2.24, 2.45) is 0 Å². The first-order valence-electron chi connectivity index (χ1n) is 5.46. The Morgan fingerprint density at radius 1 is 1.53 bits per heavy atom. The topological polar surface area (TPSA) is 59.4 Å². The molecule has 5 nitrogen and oxygen atoms in total. The Morgan fingerprint density at radius 2 is 2.16 bits per heavy atom. The highest BCUT2D eigenvalue weighted by Crippen LogP contribution is 2.35. The van der Waals surface area contributed by atoms with E-state index in [0.29, 0.717) is 19.3 Å². The summed E-state index contributed by atoms with van der Waals surface area (Å²) in [5.41, 5.74) is 0.916. The zero-order valence-electron chi connectivity index (χ0n) is 10.1. The molecule has 0 aliphatic carbocycles. The van der Waals surface area contributed by atoms with Gasteiger partial charge in [0.1, 0.15) is 5.78 Å². The zero-order valence-corrected chi connectivity index (χ0v) is 17.4. The van der Waals surface area contributed by atoms with E-state index in [1.54, 1.807) is 6.92 Å². The van der Waals surface area contributed by atoms with Crippen LogP contribution < -0.4 is 0 Å². The van der Waals surface area contributed by atoms with E-state index in [-0.39, 0.29) is 11.8 Å². The third kappa shape index (κ3) is 5.74. The minimum atomic E-state index is -3.31. The van der Waals surface area contributed by atoms with Crippen molar-refractivity contribution in [3.8, 4) is 0 Å². The van der Waals surface area contributed by atoms with Crippen molar-refractivity contribution in [3.05, 3.63) is 24.0 Å². The largest absolute Gasteiger partial charge is 0.300 e. The van der Waals surface area contributed by atoms with E-state index >= 15 is 0 Å². The van der Waals surface area contributed by atoms with E-state index in [1.165, 1.54) is 23.7 Å². The second-order valence-corrected chi connectivity index (χ2v) is 11.3. The molecule has 0 N–H and O–H groups in total. The normalized spacial score (nSPS) is 13.7. The summed E-state index contributed by atoms with van der Waals surface area (Å²) < 4.78 is 26.6. The van der Waals surface area contributed by atoms with Crippen molar-refractivity contribution in [2.45, 2.75) is 32.2 Å². The monoisotopic (exact) mass is 622 g/mol. The van der Waals surface area contributed by atoms with Gasteiger partial charge in [0.05, 0.1) is 50.1 Å². The Kier molecular flexibility index (Phi) is 7.51. The summed E-state index contributed by atoms with van der Waals surface area (Å²) in [4.78, 5) is 11.0. The minimum Gasteiger partial charge on any atom is -0.300 e. The Labute approximate surface area is 153 Å². The summed E-state index contributed by atoms with van der Waals surface area (Å²) in [5, 5.41) is 0. The number of hydrogen-bond donors (Lipinski definition) is 0.